The number of nitrogens with zero attached hydrogens (tertiary/aromatic N) is 2. The summed E-state index contributed by atoms with van der Waals surface area (Å²) < 4.78 is 10.5. The smallest absolute Gasteiger partial charge is 0.310 e. The number of nitro groups is 1. The number of nitriles is 1. The average molecular weight is 372 g/mol. The molecule has 8 heteroatoms. The molecule has 1 aliphatic rings. The van der Waals surface area contributed by atoms with Crippen LogP contribution in [0.3, 0.4) is 0 Å². The highest BCUT2D eigenvalue weighted by Gasteiger charge is 2.67. The van der Waals surface area contributed by atoms with Crippen molar-refractivity contribution in [1.82, 2.24) is 0 Å². The van der Waals surface area contributed by atoms with Gasteiger partial charge in [-0.2, -0.15) is 5.26 Å². The highest BCUT2D eigenvalue weighted by atomic mass is 16.6. The van der Waals surface area contributed by atoms with Crippen molar-refractivity contribution in [3.8, 4) is 6.07 Å². The molecule has 0 radical (unpaired) electrons. The Kier molecular flexibility index (Phi) is 5.64. The van der Waals surface area contributed by atoms with Crippen molar-refractivity contribution in [2.45, 2.75) is 33.5 Å². The summed E-state index contributed by atoms with van der Waals surface area (Å²) in [4.78, 5) is 34.0. The molecule has 1 aromatic carbocycles. The number of hydrogen-bond acceptors (Lipinski definition) is 7. The molecule has 3 atom stereocenters. The van der Waals surface area contributed by atoms with E-state index in [-0.39, 0.29) is 17.9 Å². The molecule has 0 N–H and O–H groups in total. The summed E-state index contributed by atoms with van der Waals surface area (Å²) in [6.45, 7) is 8.47. The normalized spacial score (nSPS) is 20.7. The number of nitro benzene ring substituents is 1. The van der Waals surface area contributed by atoms with Gasteiger partial charge in [0.25, 0.3) is 5.69 Å². The van der Waals surface area contributed by atoms with Crippen molar-refractivity contribution in [2.24, 2.45) is 17.3 Å². The van der Waals surface area contributed by atoms with E-state index in [1.807, 2.05) is 19.9 Å². The van der Waals surface area contributed by atoms with Gasteiger partial charge in [0.05, 0.1) is 22.5 Å². The number of ether oxygens (including phenoxy) is 2. The Morgan fingerprint density at radius 2 is 1.96 bits per heavy atom. The molecule has 3 unspecified atom stereocenters. The molecule has 142 valence electrons. The first kappa shape index (κ1) is 20.1. The van der Waals surface area contributed by atoms with Crippen LogP contribution in [0.15, 0.2) is 36.4 Å². The summed E-state index contributed by atoms with van der Waals surface area (Å²) in [6, 6.07) is 7.58. The van der Waals surface area contributed by atoms with E-state index in [1.54, 1.807) is 0 Å². The van der Waals surface area contributed by atoms with Crippen LogP contribution in [0.4, 0.5) is 5.69 Å². The standard InChI is InChI=1S/C19H20N2O6/c1-11(9-20)17(27-12(2)22)15-16(19(15,3)4)18(23)26-10-13-5-7-14(8-6-13)21(24)25/h5-8,15-17H,1,10H2,2-4H3. The van der Waals surface area contributed by atoms with E-state index >= 15 is 0 Å². The topological polar surface area (TPSA) is 120 Å². The van der Waals surface area contributed by atoms with Gasteiger partial charge in [0.15, 0.2) is 0 Å². The van der Waals surface area contributed by atoms with E-state index in [0.29, 0.717) is 5.56 Å². The van der Waals surface area contributed by atoms with Crippen molar-refractivity contribution >= 4 is 17.6 Å². The molecule has 0 aromatic heterocycles. The summed E-state index contributed by atoms with van der Waals surface area (Å²) in [5.41, 5.74) is 0.121. The number of benzene rings is 1. The Hall–Kier alpha value is -3.21. The number of non-ortho nitro benzene ring substituents is 1. The lowest BCUT2D eigenvalue weighted by atomic mass is 10.0. The maximum Gasteiger partial charge on any atom is 0.310 e. The van der Waals surface area contributed by atoms with Gasteiger partial charge in [0, 0.05) is 25.0 Å². The van der Waals surface area contributed by atoms with Crippen molar-refractivity contribution in [3.05, 3.63) is 52.1 Å². The fourth-order valence-electron chi connectivity index (χ4n) is 3.25. The highest BCUT2D eigenvalue weighted by molar-refractivity contribution is 5.78. The maximum atomic E-state index is 12.5. The van der Waals surface area contributed by atoms with Gasteiger partial charge in [-0.15, -0.1) is 0 Å². The monoisotopic (exact) mass is 372 g/mol. The van der Waals surface area contributed by atoms with Crippen LogP contribution in [-0.2, 0) is 25.7 Å². The molecular weight excluding hydrogens is 352 g/mol. The Labute approximate surface area is 156 Å². The maximum absolute atomic E-state index is 12.5. The van der Waals surface area contributed by atoms with Crippen LogP contribution in [0, 0.1) is 38.7 Å². The van der Waals surface area contributed by atoms with Crippen molar-refractivity contribution < 1.29 is 24.0 Å². The van der Waals surface area contributed by atoms with Crippen LogP contribution < -0.4 is 0 Å². The zero-order chi connectivity index (χ0) is 20.4. The second-order valence-corrected chi connectivity index (χ2v) is 7.02. The van der Waals surface area contributed by atoms with E-state index in [2.05, 4.69) is 6.58 Å². The Morgan fingerprint density at radius 1 is 1.37 bits per heavy atom. The molecule has 1 aromatic rings. The Bertz CT molecular complexity index is 822. The molecule has 8 nitrogen and oxygen atoms in total. The van der Waals surface area contributed by atoms with Gasteiger partial charge in [-0.3, -0.25) is 19.7 Å². The molecule has 0 aliphatic heterocycles. The van der Waals surface area contributed by atoms with Crippen LogP contribution in [0.1, 0.15) is 26.3 Å². The minimum absolute atomic E-state index is 0.0342. The third kappa shape index (κ3) is 4.31. The zero-order valence-electron chi connectivity index (χ0n) is 15.3. The number of carbonyl (C=O) groups is 2. The fourth-order valence-corrected chi connectivity index (χ4v) is 3.25. The summed E-state index contributed by atoms with van der Waals surface area (Å²) in [7, 11) is 0. The van der Waals surface area contributed by atoms with Gasteiger partial charge in [0.1, 0.15) is 12.7 Å². The van der Waals surface area contributed by atoms with Crippen LogP contribution in [-0.4, -0.2) is 23.0 Å². The molecule has 0 amide bonds. The molecule has 1 saturated carbocycles. The van der Waals surface area contributed by atoms with Crippen LogP contribution in [0.2, 0.25) is 0 Å². The van der Waals surface area contributed by atoms with Gasteiger partial charge >= 0.3 is 11.9 Å². The lowest BCUT2D eigenvalue weighted by Crippen LogP contribution is -2.23. The second-order valence-electron chi connectivity index (χ2n) is 7.02. The van der Waals surface area contributed by atoms with Crippen LogP contribution in [0.25, 0.3) is 0 Å². The first-order valence-electron chi connectivity index (χ1n) is 8.25. The summed E-state index contributed by atoms with van der Waals surface area (Å²) in [5, 5.41) is 19.8. The molecule has 0 saturated heterocycles. The van der Waals surface area contributed by atoms with E-state index < -0.39 is 40.2 Å². The number of rotatable bonds is 7. The minimum atomic E-state index is -0.876. The van der Waals surface area contributed by atoms with E-state index in [0.717, 1.165) is 0 Å². The van der Waals surface area contributed by atoms with E-state index in [4.69, 9.17) is 14.7 Å². The third-order valence-electron chi connectivity index (χ3n) is 4.80. The fraction of sp³-hybridized carbons (Fsp3) is 0.421. The van der Waals surface area contributed by atoms with Gasteiger partial charge < -0.3 is 9.47 Å². The molecule has 1 aliphatic carbocycles. The number of esters is 2. The quantitative estimate of drug-likeness (QED) is 0.312. The number of hydrogen-bond donors (Lipinski definition) is 0. The van der Waals surface area contributed by atoms with Crippen LogP contribution in [0.5, 0.6) is 0 Å². The minimum Gasteiger partial charge on any atom is -0.461 e. The molecule has 0 spiro atoms. The van der Waals surface area contributed by atoms with Gasteiger partial charge in [-0.25, -0.2) is 0 Å². The Morgan fingerprint density at radius 3 is 2.44 bits per heavy atom. The number of carbonyl (C=O) groups excluding carboxylic acids is 2. The second kappa shape index (κ2) is 7.58. The van der Waals surface area contributed by atoms with Gasteiger partial charge in [-0.05, 0) is 23.1 Å². The SMILES string of the molecule is C=C(C#N)C(OC(C)=O)C1C(C(=O)OCc2ccc([N+](=O)[O-])cc2)C1(C)C. The van der Waals surface area contributed by atoms with Gasteiger partial charge in [0.2, 0.25) is 0 Å². The van der Waals surface area contributed by atoms with Crippen molar-refractivity contribution in [1.29, 1.82) is 5.26 Å². The average Bonchev–Trinajstić information content (AvgIpc) is 3.18. The van der Waals surface area contributed by atoms with Crippen molar-refractivity contribution in [2.75, 3.05) is 0 Å². The predicted molar refractivity (Wildman–Crippen MR) is 94.0 cm³/mol. The zero-order valence-corrected chi connectivity index (χ0v) is 15.3. The van der Waals surface area contributed by atoms with E-state index in [1.165, 1.54) is 31.2 Å². The molecule has 27 heavy (non-hydrogen) atoms. The molecule has 0 bridgehead atoms. The molecular formula is C19H20N2O6. The van der Waals surface area contributed by atoms with Gasteiger partial charge in [-0.1, -0.05) is 20.4 Å². The first-order valence-corrected chi connectivity index (χ1v) is 8.25. The molecule has 2 rings (SSSR count). The predicted octanol–water partition coefficient (Wildman–Crippen LogP) is 2.92. The Balaban J connectivity index is 2.05. The third-order valence-corrected chi connectivity index (χ3v) is 4.80. The summed E-state index contributed by atoms with van der Waals surface area (Å²) in [6.07, 6.45) is -0.876. The lowest BCUT2D eigenvalue weighted by Gasteiger charge is -2.16. The van der Waals surface area contributed by atoms with Crippen molar-refractivity contribution in [3.63, 3.8) is 0 Å². The van der Waals surface area contributed by atoms with Crippen LogP contribution >= 0.6 is 0 Å². The largest absolute Gasteiger partial charge is 0.461 e. The summed E-state index contributed by atoms with van der Waals surface area (Å²) >= 11 is 0. The highest BCUT2D eigenvalue weighted by Crippen LogP contribution is 2.62. The van der Waals surface area contributed by atoms with E-state index in [9.17, 15) is 19.7 Å². The molecule has 0 heterocycles. The first-order chi connectivity index (χ1) is 12.6. The summed E-state index contributed by atoms with van der Waals surface area (Å²) in [5.74, 6) is -1.99. The lowest BCUT2D eigenvalue weighted by molar-refractivity contribution is -0.384. The molecule has 1 fully saturated rings.